The highest BCUT2D eigenvalue weighted by molar-refractivity contribution is 5.73. The number of carbonyl (C=O) groups is 3. The quantitative estimate of drug-likeness (QED) is 0.0732. The van der Waals surface area contributed by atoms with Gasteiger partial charge in [-0.3, -0.25) is 19.3 Å². The number of hydrogen-bond donors (Lipinski definition) is 3. The SMILES string of the molecule is CCCCCCCCCC(CCCCCCCCC)N(CCO[C@@H]1O[C@H](CN(CCC(=O)OC)CCC(=O)OC)[C@@H](O)[C@H](O)[C@H]1O)C(C)=O. The normalized spacial score (nSPS) is 20.9. The van der Waals surface area contributed by atoms with Gasteiger partial charge in [-0.25, -0.2) is 0 Å². The van der Waals surface area contributed by atoms with Crippen molar-refractivity contribution < 1.29 is 48.7 Å². The zero-order valence-corrected chi connectivity index (χ0v) is 31.3. The molecule has 1 aliphatic heterocycles. The van der Waals surface area contributed by atoms with Gasteiger partial charge in [0.15, 0.2) is 6.29 Å². The maximum atomic E-state index is 12.9. The Kier molecular flexibility index (Phi) is 25.7. The van der Waals surface area contributed by atoms with Gasteiger partial charge in [0.25, 0.3) is 0 Å². The smallest absolute Gasteiger partial charge is 0.306 e. The summed E-state index contributed by atoms with van der Waals surface area (Å²) in [5.41, 5.74) is 0. The first-order chi connectivity index (χ1) is 23.6. The zero-order chi connectivity index (χ0) is 36.4. The van der Waals surface area contributed by atoms with Crippen molar-refractivity contribution in [1.82, 2.24) is 9.80 Å². The molecule has 5 atom stereocenters. The van der Waals surface area contributed by atoms with Crippen LogP contribution in [0.4, 0.5) is 0 Å². The average molecular weight is 703 g/mol. The highest BCUT2D eigenvalue weighted by atomic mass is 16.7. The molecule has 0 saturated carbocycles. The summed E-state index contributed by atoms with van der Waals surface area (Å²) in [7, 11) is 2.57. The predicted molar refractivity (Wildman–Crippen MR) is 189 cm³/mol. The molecule has 0 unspecified atom stereocenters. The maximum absolute atomic E-state index is 12.9. The van der Waals surface area contributed by atoms with E-state index >= 15 is 0 Å². The van der Waals surface area contributed by atoms with E-state index in [1.165, 1.54) is 78.4 Å². The summed E-state index contributed by atoms with van der Waals surface area (Å²) in [6.07, 6.45) is 12.2. The van der Waals surface area contributed by atoms with E-state index in [9.17, 15) is 29.7 Å². The number of aliphatic hydroxyl groups is 3. The molecule has 1 aliphatic rings. The summed E-state index contributed by atoms with van der Waals surface area (Å²) in [5.74, 6) is -0.890. The number of unbranched alkanes of at least 4 members (excludes halogenated alkanes) is 12. The summed E-state index contributed by atoms with van der Waals surface area (Å²) in [4.78, 5) is 40.1. The molecule has 0 aromatic rings. The topological polar surface area (TPSA) is 155 Å². The van der Waals surface area contributed by atoms with Crippen LogP contribution < -0.4 is 0 Å². The molecule has 0 aliphatic carbocycles. The fraction of sp³-hybridized carbons (Fsp3) is 0.919. The minimum absolute atomic E-state index is 0.0233. The van der Waals surface area contributed by atoms with E-state index in [-0.39, 0.29) is 51.0 Å². The standard InChI is InChI=1S/C37H70N2O10/c1-6-8-10-12-14-16-18-20-30(21-19-17-15-13-11-9-7-2)39(29(3)40)26-27-48-37-36(45)35(44)34(43)31(49-37)28-38(24-22-32(41)46-4)25-23-33(42)47-5/h30-31,34-37,43-45H,6-28H2,1-5H3/t31-,34-,35+,36-,37-/m1/s1. The van der Waals surface area contributed by atoms with Gasteiger partial charge in [-0.15, -0.1) is 0 Å². The minimum Gasteiger partial charge on any atom is -0.469 e. The molecule has 0 spiro atoms. The van der Waals surface area contributed by atoms with Gasteiger partial charge in [-0.1, -0.05) is 104 Å². The first kappa shape index (κ1) is 45.2. The zero-order valence-electron chi connectivity index (χ0n) is 31.3. The third kappa shape index (κ3) is 19.4. The Morgan fingerprint density at radius 1 is 0.673 bits per heavy atom. The van der Waals surface area contributed by atoms with Crippen molar-refractivity contribution in [2.24, 2.45) is 0 Å². The Morgan fingerprint density at radius 3 is 1.59 bits per heavy atom. The Morgan fingerprint density at radius 2 is 1.14 bits per heavy atom. The summed E-state index contributed by atoms with van der Waals surface area (Å²) in [6.45, 7) is 6.90. The molecule has 1 fully saturated rings. The van der Waals surface area contributed by atoms with Crippen LogP contribution in [0.25, 0.3) is 0 Å². The third-order valence-electron chi connectivity index (χ3n) is 9.57. The number of aliphatic hydroxyl groups excluding tert-OH is 3. The van der Waals surface area contributed by atoms with Crippen LogP contribution in [0.15, 0.2) is 0 Å². The first-order valence-electron chi connectivity index (χ1n) is 19.0. The Hall–Kier alpha value is -1.83. The maximum Gasteiger partial charge on any atom is 0.306 e. The van der Waals surface area contributed by atoms with Crippen molar-refractivity contribution in [3.05, 3.63) is 0 Å². The second-order valence-electron chi connectivity index (χ2n) is 13.5. The van der Waals surface area contributed by atoms with Crippen molar-refractivity contribution in [1.29, 1.82) is 0 Å². The molecule has 49 heavy (non-hydrogen) atoms. The van der Waals surface area contributed by atoms with E-state index in [2.05, 4.69) is 13.8 Å². The number of methoxy groups -OCH3 is 2. The van der Waals surface area contributed by atoms with Crippen LogP contribution in [0.1, 0.15) is 136 Å². The summed E-state index contributed by atoms with van der Waals surface area (Å²) in [6, 6.07) is 0.0999. The molecule has 0 radical (unpaired) electrons. The molecule has 0 bridgehead atoms. The molecule has 1 heterocycles. The average Bonchev–Trinajstić information content (AvgIpc) is 3.09. The molecular weight excluding hydrogens is 632 g/mol. The van der Waals surface area contributed by atoms with E-state index < -0.39 is 42.6 Å². The van der Waals surface area contributed by atoms with Gasteiger partial charge >= 0.3 is 11.9 Å². The summed E-state index contributed by atoms with van der Waals surface area (Å²) in [5, 5.41) is 32.2. The lowest BCUT2D eigenvalue weighted by molar-refractivity contribution is -0.298. The number of esters is 2. The van der Waals surface area contributed by atoms with Crippen LogP contribution in [0.5, 0.6) is 0 Å². The lowest BCUT2D eigenvalue weighted by Crippen LogP contribution is -2.61. The van der Waals surface area contributed by atoms with Crippen molar-refractivity contribution in [2.45, 2.75) is 173 Å². The largest absolute Gasteiger partial charge is 0.469 e. The van der Waals surface area contributed by atoms with Crippen molar-refractivity contribution in [2.75, 3.05) is 47.0 Å². The van der Waals surface area contributed by atoms with E-state index in [1.54, 1.807) is 11.8 Å². The molecule has 288 valence electrons. The second kappa shape index (κ2) is 27.8. The lowest BCUT2D eigenvalue weighted by Gasteiger charge is -2.42. The summed E-state index contributed by atoms with van der Waals surface area (Å²) >= 11 is 0. The highest BCUT2D eigenvalue weighted by Crippen LogP contribution is 2.24. The van der Waals surface area contributed by atoms with Gasteiger partial charge in [0.2, 0.25) is 5.91 Å². The number of amides is 1. The Labute approximate surface area is 296 Å². The number of hydrogen-bond acceptors (Lipinski definition) is 11. The van der Waals surface area contributed by atoms with Gasteiger partial charge in [-0.05, 0) is 12.8 Å². The molecule has 12 heteroatoms. The van der Waals surface area contributed by atoms with Crippen LogP contribution in [-0.2, 0) is 33.3 Å². The molecule has 1 saturated heterocycles. The van der Waals surface area contributed by atoms with Crippen LogP contribution >= 0.6 is 0 Å². The van der Waals surface area contributed by atoms with Gasteiger partial charge in [0.1, 0.15) is 24.4 Å². The summed E-state index contributed by atoms with van der Waals surface area (Å²) < 4.78 is 21.4. The Balaban J connectivity index is 2.86. The van der Waals surface area contributed by atoms with Crippen molar-refractivity contribution >= 4 is 17.8 Å². The fourth-order valence-corrected chi connectivity index (χ4v) is 6.45. The fourth-order valence-electron chi connectivity index (χ4n) is 6.45. The highest BCUT2D eigenvalue weighted by Gasteiger charge is 2.44. The molecule has 0 aromatic carbocycles. The van der Waals surface area contributed by atoms with Crippen LogP contribution in [-0.4, -0.2) is 127 Å². The number of rotatable bonds is 29. The van der Waals surface area contributed by atoms with Crippen molar-refractivity contribution in [3.63, 3.8) is 0 Å². The molecular formula is C37H70N2O10. The van der Waals surface area contributed by atoms with E-state index in [0.717, 1.165) is 38.5 Å². The van der Waals surface area contributed by atoms with Crippen LogP contribution in [0, 0.1) is 0 Å². The van der Waals surface area contributed by atoms with Crippen LogP contribution in [0.2, 0.25) is 0 Å². The lowest BCUT2D eigenvalue weighted by atomic mass is 9.98. The molecule has 1 rings (SSSR count). The second-order valence-corrected chi connectivity index (χ2v) is 13.5. The van der Waals surface area contributed by atoms with Gasteiger partial charge in [-0.2, -0.15) is 0 Å². The Bertz CT molecular complexity index is 840. The molecule has 12 nitrogen and oxygen atoms in total. The van der Waals surface area contributed by atoms with Gasteiger partial charge in [0, 0.05) is 39.1 Å². The van der Waals surface area contributed by atoms with Gasteiger partial charge < -0.3 is 39.2 Å². The first-order valence-corrected chi connectivity index (χ1v) is 19.0. The molecule has 1 amide bonds. The monoisotopic (exact) mass is 703 g/mol. The number of nitrogens with zero attached hydrogens (tertiary/aromatic N) is 2. The van der Waals surface area contributed by atoms with Crippen molar-refractivity contribution in [3.8, 4) is 0 Å². The van der Waals surface area contributed by atoms with E-state index in [4.69, 9.17) is 18.9 Å². The molecule has 3 N–H and O–H groups in total. The molecule has 0 aromatic heterocycles. The third-order valence-corrected chi connectivity index (χ3v) is 9.57. The predicted octanol–water partition coefficient (Wildman–Crippen LogP) is 4.74. The van der Waals surface area contributed by atoms with E-state index in [0.29, 0.717) is 6.54 Å². The number of ether oxygens (including phenoxy) is 4. The van der Waals surface area contributed by atoms with Gasteiger partial charge in [0.05, 0.1) is 33.7 Å². The minimum atomic E-state index is -1.54. The number of carbonyl (C=O) groups excluding carboxylic acids is 3. The van der Waals surface area contributed by atoms with Crippen LogP contribution in [0.3, 0.4) is 0 Å². The van der Waals surface area contributed by atoms with E-state index in [1.807, 2.05) is 4.90 Å².